The van der Waals surface area contributed by atoms with Crippen LogP contribution >= 0.6 is 0 Å². The molecule has 0 amide bonds. The maximum absolute atomic E-state index is 11.4. The SMILES string of the molecule is Cc1ncc(C(=O)CN)n1CC(C)C. The van der Waals surface area contributed by atoms with Crippen LogP contribution in [0.3, 0.4) is 0 Å². The largest absolute Gasteiger partial charge is 0.326 e. The molecule has 0 saturated carbocycles. The standard InChI is InChI=1S/C10H17N3O/c1-7(2)6-13-8(3)12-5-9(13)10(14)4-11/h5,7H,4,6,11H2,1-3H3. The van der Waals surface area contributed by atoms with Gasteiger partial charge in [0.25, 0.3) is 0 Å². The average molecular weight is 195 g/mol. The molecule has 1 heterocycles. The van der Waals surface area contributed by atoms with Gasteiger partial charge in [0.2, 0.25) is 0 Å². The summed E-state index contributed by atoms with van der Waals surface area (Å²) in [4.78, 5) is 15.6. The van der Waals surface area contributed by atoms with Crippen LogP contribution in [0.4, 0.5) is 0 Å². The Morgan fingerprint density at radius 1 is 1.64 bits per heavy atom. The molecule has 0 aliphatic carbocycles. The van der Waals surface area contributed by atoms with Crippen molar-refractivity contribution in [1.82, 2.24) is 9.55 Å². The molecule has 0 aliphatic rings. The van der Waals surface area contributed by atoms with Gasteiger partial charge < -0.3 is 10.3 Å². The lowest BCUT2D eigenvalue weighted by Crippen LogP contribution is -2.19. The quantitative estimate of drug-likeness (QED) is 0.729. The van der Waals surface area contributed by atoms with Crippen molar-refractivity contribution in [3.63, 3.8) is 0 Å². The molecule has 1 aromatic heterocycles. The fourth-order valence-corrected chi connectivity index (χ4v) is 1.39. The Hall–Kier alpha value is -1.16. The zero-order chi connectivity index (χ0) is 10.7. The van der Waals surface area contributed by atoms with E-state index in [1.54, 1.807) is 6.20 Å². The summed E-state index contributed by atoms with van der Waals surface area (Å²) in [6.45, 7) is 6.97. The monoisotopic (exact) mass is 195 g/mol. The van der Waals surface area contributed by atoms with Crippen LogP contribution in [0.2, 0.25) is 0 Å². The van der Waals surface area contributed by atoms with E-state index < -0.39 is 0 Å². The lowest BCUT2D eigenvalue weighted by Gasteiger charge is -2.11. The van der Waals surface area contributed by atoms with E-state index in [1.807, 2.05) is 11.5 Å². The van der Waals surface area contributed by atoms with Gasteiger partial charge in [-0.05, 0) is 12.8 Å². The van der Waals surface area contributed by atoms with E-state index in [2.05, 4.69) is 18.8 Å². The summed E-state index contributed by atoms with van der Waals surface area (Å²) in [7, 11) is 0. The lowest BCUT2D eigenvalue weighted by molar-refractivity contribution is 0.0991. The molecular weight excluding hydrogens is 178 g/mol. The first kappa shape index (κ1) is 10.9. The van der Waals surface area contributed by atoms with E-state index >= 15 is 0 Å². The second-order valence-corrected chi connectivity index (χ2v) is 3.82. The predicted molar refractivity (Wildman–Crippen MR) is 55.2 cm³/mol. The number of Topliss-reactive ketones (excluding diaryl/α,β-unsaturated/α-hetero) is 1. The van der Waals surface area contributed by atoms with Crippen LogP contribution in [-0.2, 0) is 6.54 Å². The summed E-state index contributed by atoms with van der Waals surface area (Å²) in [6, 6.07) is 0. The number of nitrogens with zero attached hydrogens (tertiary/aromatic N) is 2. The van der Waals surface area contributed by atoms with E-state index in [0.717, 1.165) is 12.4 Å². The summed E-state index contributed by atoms with van der Waals surface area (Å²) in [5.74, 6) is 1.31. The third kappa shape index (κ3) is 2.20. The molecule has 0 atom stereocenters. The molecule has 2 N–H and O–H groups in total. The van der Waals surface area contributed by atoms with Gasteiger partial charge in [0.1, 0.15) is 11.5 Å². The number of hydrogen-bond acceptors (Lipinski definition) is 3. The van der Waals surface area contributed by atoms with E-state index in [-0.39, 0.29) is 12.3 Å². The molecular formula is C10H17N3O. The molecule has 0 unspecified atom stereocenters. The molecule has 0 aromatic carbocycles. The smallest absolute Gasteiger partial charge is 0.194 e. The first-order valence-corrected chi connectivity index (χ1v) is 4.81. The summed E-state index contributed by atoms with van der Waals surface area (Å²) in [5.41, 5.74) is 5.95. The van der Waals surface area contributed by atoms with Crippen LogP contribution < -0.4 is 5.73 Å². The van der Waals surface area contributed by atoms with Crippen LogP contribution in [0.25, 0.3) is 0 Å². The lowest BCUT2D eigenvalue weighted by atomic mass is 10.2. The minimum absolute atomic E-state index is 0.0449. The van der Waals surface area contributed by atoms with Gasteiger partial charge in [0.05, 0.1) is 12.7 Å². The zero-order valence-electron chi connectivity index (χ0n) is 8.95. The summed E-state index contributed by atoms with van der Waals surface area (Å²) in [6.07, 6.45) is 1.60. The number of ketones is 1. The molecule has 1 rings (SSSR count). The van der Waals surface area contributed by atoms with Gasteiger partial charge in [-0.3, -0.25) is 4.79 Å². The van der Waals surface area contributed by atoms with E-state index in [0.29, 0.717) is 11.6 Å². The molecule has 0 saturated heterocycles. The van der Waals surface area contributed by atoms with Crippen LogP contribution in [0, 0.1) is 12.8 Å². The topological polar surface area (TPSA) is 60.9 Å². The van der Waals surface area contributed by atoms with E-state index in [4.69, 9.17) is 5.73 Å². The molecule has 0 aliphatic heterocycles. The molecule has 4 nitrogen and oxygen atoms in total. The Morgan fingerprint density at radius 3 is 2.79 bits per heavy atom. The first-order chi connectivity index (χ1) is 6.56. The second kappa shape index (κ2) is 4.37. The number of hydrogen-bond donors (Lipinski definition) is 1. The molecule has 78 valence electrons. The molecule has 4 heteroatoms. The molecule has 0 spiro atoms. The van der Waals surface area contributed by atoms with Crippen molar-refractivity contribution >= 4 is 5.78 Å². The van der Waals surface area contributed by atoms with Crippen molar-refractivity contribution in [3.05, 3.63) is 17.7 Å². The van der Waals surface area contributed by atoms with Gasteiger partial charge in [0.15, 0.2) is 5.78 Å². The van der Waals surface area contributed by atoms with Crippen molar-refractivity contribution in [2.24, 2.45) is 11.7 Å². The average Bonchev–Trinajstić information content (AvgIpc) is 2.46. The van der Waals surface area contributed by atoms with Gasteiger partial charge in [-0.15, -0.1) is 0 Å². The van der Waals surface area contributed by atoms with Gasteiger partial charge in [-0.25, -0.2) is 4.98 Å². The number of aryl methyl sites for hydroxylation is 1. The fraction of sp³-hybridized carbons (Fsp3) is 0.600. The minimum atomic E-state index is -0.0498. The summed E-state index contributed by atoms with van der Waals surface area (Å²) < 4.78 is 1.93. The van der Waals surface area contributed by atoms with Crippen LogP contribution in [0.1, 0.15) is 30.2 Å². The highest BCUT2D eigenvalue weighted by Crippen LogP contribution is 2.09. The fourth-order valence-electron chi connectivity index (χ4n) is 1.39. The molecule has 14 heavy (non-hydrogen) atoms. The van der Waals surface area contributed by atoms with Crippen LogP contribution in [-0.4, -0.2) is 21.9 Å². The zero-order valence-corrected chi connectivity index (χ0v) is 8.95. The molecule has 0 fully saturated rings. The van der Waals surface area contributed by atoms with E-state index in [9.17, 15) is 4.79 Å². The van der Waals surface area contributed by atoms with Crippen molar-refractivity contribution in [2.45, 2.75) is 27.3 Å². The Labute approximate surface area is 84.1 Å². The number of imidazole rings is 1. The van der Waals surface area contributed by atoms with E-state index in [1.165, 1.54) is 0 Å². The number of rotatable bonds is 4. The molecule has 0 radical (unpaired) electrons. The normalized spacial score (nSPS) is 10.9. The highest BCUT2D eigenvalue weighted by Gasteiger charge is 2.13. The maximum Gasteiger partial charge on any atom is 0.194 e. The van der Waals surface area contributed by atoms with Gasteiger partial charge >= 0.3 is 0 Å². The molecule has 0 bridgehead atoms. The number of aromatic nitrogens is 2. The molecule has 1 aromatic rings. The maximum atomic E-state index is 11.4. The van der Waals surface area contributed by atoms with Crippen LogP contribution in [0.5, 0.6) is 0 Å². The number of carbonyl (C=O) groups is 1. The number of carbonyl (C=O) groups excluding carboxylic acids is 1. The van der Waals surface area contributed by atoms with Crippen molar-refractivity contribution < 1.29 is 4.79 Å². The van der Waals surface area contributed by atoms with Gasteiger partial charge in [0, 0.05) is 6.54 Å². The number of nitrogens with two attached hydrogens (primary N) is 1. The van der Waals surface area contributed by atoms with Crippen molar-refractivity contribution in [1.29, 1.82) is 0 Å². The van der Waals surface area contributed by atoms with Crippen molar-refractivity contribution in [2.75, 3.05) is 6.54 Å². The Kier molecular flexibility index (Phi) is 3.41. The third-order valence-corrected chi connectivity index (χ3v) is 2.07. The minimum Gasteiger partial charge on any atom is -0.326 e. The third-order valence-electron chi connectivity index (χ3n) is 2.07. The van der Waals surface area contributed by atoms with Gasteiger partial charge in [-0.2, -0.15) is 0 Å². The highest BCUT2D eigenvalue weighted by molar-refractivity contribution is 5.95. The van der Waals surface area contributed by atoms with Crippen LogP contribution in [0.15, 0.2) is 6.20 Å². The Balaban J connectivity index is 2.99. The predicted octanol–water partition coefficient (Wildman–Crippen LogP) is 0.989. The van der Waals surface area contributed by atoms with Gasteiger partial charge in [-0.1, -0.05) is 13.8 Å². The Morgan fingerprint density at radius 2 is 2.29 bits per heavy atom. The summed E-state index contributed by atoms with van der Waals surface area (Å²) in [5, 5.41) is 0. The summed E-state index contributed by atoms with van der Waals surface area (Å²) >= 11 is 0. The second-order valence-electron chi connectivity index (χ2n) is 3.82. The highest BCUT2D eigenvalue weighted by atomic mass is 16.1. The Bertz CT molecular complexity index is 328. The van der Waals surface area contributed by atoms with Crippen molar-refractivity contribution in [3.8, 4) is 0 Å². The first-order valence-electron chi connectivity index (χ1n) is 4.81.